The van der Waals surface area contributed by atoms with E-state index in [1.54, 1.807) is 24.3 Å². The number of benzene rings is 2. The monoisotopic (exact) mass is 302 g/mol. The normalized spacial score (nSPS) is 9.90. The van der Waals surface area contributed by atoms with Crippen LogP contribution in [0.25, 0.3) is 0 Å². The summed E-state index contributed by atoms with van der Waals surface area (Å²) >= 11 is 5.99. The summed E-state index contributed by atoms with van der Waals surface area (Å²) in [5, 5.41) is 19.7. The van der Waals surface area contributed by atoms with Crippen LogP contribution in [0.1, 0.15) is 11.1 Å². The van der Waals surface area contributed by atoms with Gasteiger partial charge in [-0.15, -0.1) is 0 Å². The topological polar surface area (TPSA) is 76.2 Å². The highest BCUT2D eigenvalue weighted by atomic mass is 35.5. The molecule has 0 aromatic heterocycles. The molecule has 0 bridgehead atoms. The van der Waals surface area contributed by atoms with Crippen molar-refractivity contribution in [1.82, 2.24) is 0 Å². The largest absolute Gasteiger partial charge is 0.489 e. The Bertz CT molecular complexity index is 693. The zero-order valence-electron chi connectivity index (χ0n) is 11.0. The van der Waals surface area contributed by atoms with Gasteiger partial charge in [0.25, 0.3) is 5.69 Å². The molecule has 0 aliphatic rings. The fourth-order valence-electron chi connectivity index (χ4n) is 1.74. The molecular formula is C15H11ClN2O3. The molecule has 21 heavy (non-hydrogen) atoms. The second-order valence-corrected chi connectivity index (χ2v) is 4.71. The van der Waals surface area contributed by atoms with E-state index in [9.17, 15) is 10.1 Å². The van der Waals surface area contributed by atoms with Crippen molar-refractivity contribution >= 4 is 17.3 Å². The quantitative estimate of drug-likeness (QED) is 0.620. The van der Waals surface area contributed by atoms with Crippen molar-refractivity contribution in [2.75, 3.05) is 0 Å². The van der Waals surface area contributed by atoms with Gasteiger partial charge in [0, 0.05) is 22.7 Å². The number of nitro groups is 1. The molecule has 0 amide bonds. The Morgan fingerprint density at radius 3 is 2.57 bits per heavy atom. The van der Waals surface area contributed by atoms with Gasteiger partial charge in [-0.3, -0.25) is 10.1 Å². The minimum Gasteiger partial charge on any atom is -0.489 e. The summed E-state index contributed by atoms with van der Waals surface area (Å²) in [5.74, 6) is 0.610. The molecule has 2 aromatic carbocycles. The molecule has 0 aliphatic carbocycles. The Hall–Kier alpha value is -2.58. The molecule has 2 aromatic rings. The number of hydrogen-bond donors (Lipinski definition) is 0. The first kappa shape index (κ1) is 14.8. The van der Waals surface area contributed by atoms with Gasteiger partial charge < -0.3 is 4.74 Å². The molecule has 6 heteroatoms. The molecule has 0 saturated heterocycles. The standard InChI is InChI=1S/C15H11ClN2O3/c16-15-6-3-13(18(19)20)9-12(15)10-21-14-4-1-11(2-5-14)7-8-17/h1-6,9H,7,10H2. The first-order chi connectivity index (χ1) is 10.1. The third-order valence-corrected chi connectivity index (χ3v) is 3.21. The van der Waals surface area contributed by atoms with Crippen molar-refractivity contribution in [2.45, 2.75) is 13.0 Å². The van der Waals surface area contributed by atoms with Gasteiger partial charge in [0.1, 0.15) is 12.4 Å². The summed E-state index contributed by atoms with van der Waals surface area (Å²) in [6.45, 7) is 0.137. The van der Waals surface area contributed by atoms with Crippen molar-refractivity contribution in [2.24, 2.45) is 0 Å². The maximum atomic E-state index is 10.7. The number of hydrogen-bond acceptors (Lipinski definition) is 4. The number of non-ortho nitro benzene ring substituents is 1. The maximum absolute atomic E-state index is 10.7. The van der Waals surface area contributed by atoms with Crippen molar-refractivity contribution in [3.63, 3.8) is 0 Å². The van der Waals surface area contributed by atoms with Crippen LogP contribution in [0.15, 0.2) is 42.5 Å². The lowest BCUT2D eigenvalue weighted by Gasteiger charge is -2.08. The Kier molecular flexibility index (Phi) is 4.75. The van der Waals surface area contributed by atoms with Crippen LogP contribution < -0.4 is 4.74 Å². The minimum absolute atomic E-state index is 0.0256. The SMILES string of the molecule is N#CCc1ccc(OCc2cc([N+](=O)[O-])ccc2Cl)cc1. The van der Waals surface area contributed by atoms with Crippen LogP contribution in [0.2, 0.25) is 5.02 Å². The first-order valence-electron chi connectivity index (χ1n) is 6.11. The molecule has 0 atom stereocenters. The van der Waals surface area contributed by atoms with Gasteiger partial charge in [-0.25, -0.2) is 0 Å². The molecule has 0 aliphatic heterocycles. The summed E-state index contributed by atoms with van der Waals surface area (Å²) in [4.78, 5) is 10.3. The van der Waals surface area contributed by atoms with Gasteiger partial charge in [0.15, 0.2) is 0 Å². The summed E-state index contributed by atoms with van der Waals surface area (Å²) in [7, 11) is 0. The van der Waals surface area contributed by atoms with Crippen LogP contribution in [-0.2, 0) is 13.0 Å². The highest BCUT2D eigenvalue weighted by Crippen LogP contribution is 2.23. The van der Waals surface area contributed by atoms with Gasteiger partial charge in [0.05, 0.1) is 17.4 Å². The molecule has 5 nitrogen and oxygen atoms in total. The van der Waals surface area contributed by atoms with Crippen LogP contribution in [-0.4, -0.2) is 4.92 Å². The molecule has 2 rings (SSSR count). The fraction of sp³-hybridized carbons (Fsp3) is 0.133. The first-order valence-corrected chi connectivity index (χ1v) is 6.49. The summed E-state index contributed by atoms with van der Waals surface area (Å²) in [6, 6.07) is 13.4. The summed E-state index contributed by atoms with van der Waals surface area (Å²) < 4.78 is 5.55. The number of rotatable bonds is 5. The lowest BCUT2D eigenvalue weighted by molar-refractivity contribution is -0.384. The smallest absolute Gasteiger partial charge is 0.269 e. The molecule has 0 saturated carbocycles. The summed E-state index contributed by atoms with van der Waals surface area (Å²) in [5.41, 5.74) is 1.42. The lowest BCUT2D eigenvalue weighted by Crippen LogP contribution is -1.98. The summed E-state index contributed by atoms with van der Waals surface area (Å²) in [6.07, 6.45) is 0.344. The van der Waals surface area contributed by atoms with Crippen LogP contribution in [0, 0.1) is 21.4 Å². The van der Waals surface area contributed by atoms with Gasteiger partial charge in [-0.1, -0.05) is 23.7 Å². The third-order valence-electron chi connectivity index (χ3n) is 2.84. The molecule has 0 unspecified atom stereocenters. The van der Waals surface area contributed by atoms with E-state index in [0.29, 0.717) is 22.8 Å². The Morgan fingerprint density at radius 2 is 1.95 bits per heavy atom. The highest BCUT2D eigenvalue weighted by Gasteiger charge is 2.10. The number of halogens is 1. The Morgan fingerprint density at radius 1 is 1.24 bits per heavy atom. The molecule has 0 radical (unpaired) electrons. The van der Waals surface area contributed by atoms with Crippen molar-refractivity contribution in [3.8, 4) is 11.8 Å². The highest BCUT2D eigenvalue weighted by molar-refractivity contribution is 6.31. The van der Waals surface area contributed by atoms with Crippen LogP contribution in [0.4, 0.5) is 5.69 Å². The van der Waals surface area contributed by atoms with E-state index in [0.717, 1.165) is 5.56 Å². The predicted molar refractivity (Wildman–Crippen MR) is 78.2 cm³/mol. The zero-order chi connectivity index (χ0) is 15.2. The second-order valence-electron chi connectivity index (χ2n) is 4.30. The third kappa shape index (κ3) is 3.94. The second kappa shape index (κ2) is 6.73. The van der Waals surface area contributed by atoms with Crippen LogP contribution in [0.3, 0.4) is 0 Å². The number of ether oxygens (including phenoxy) is 1. The number of nitrogens with zero attached hydrogens (tertiary/aromatic N) is 2. The molecular weight excluding hydrogens is 292 g/mol. The van der Waals surface area contributed by atoms with E-state index in [4.69, 9.17) is 21.6 Å². The van der Waals surface area contributed by atoms with Gasteiger partial charge in [0.2, 0.25) is 0 Å². The van der Waals surface area contributed by atoms with Crippen LogP contribution in [0.5, 0.6) is 5.75 Å². The molecule has 0 fully saturated rings. The van der Waals surface area contributed by atoms with Crippen molar-refractivity contribution in [1.29, 1.82) is 5.26 Å². The van der Waals surface area contributed by atoms with Crippen molar-refractivity contribution in [3.05, 3.63) is 68.7 Å². The number of nitriles is 1. The number of nitro benzene ring substituents is 1. The minimum atomic E-state index is -0.476. The average Bonchev–Trinajstić information content (AvgIpc) is 2.48. The van der Waals surface area contributed by atoms with E-state index in [2.05, 4.69) is 6.07 Å². The average molecular weight is 303 g/mol. The predicted octanol–water partition coefficient (Wildman–Crippen LogP) is 3.89. The van der Waals surface area contributed by atoms with Crippen molar-refractivity contribution < 1.29 is 9.66 Å². The van der Waals surface area contributed by atoms with Gasteiger partial charge in [-0.2, -0.15) is 5.26 Å². The van der Waals surface area contributed by atoms with Gasteiger partial charge in [-0.05, 0) is 23.8 Å². The van der Waals surface area contributed by atoms with E-state index in [1.807, 2.05) is 0 Å². The molecule has 0 spiro atoms. The molecule has 0 N–H and O–H groups in total. The maximum Gasteiger partial charge on any atom is 0.269 e. The lowest BCUT2D eigenvalue weighted by atomic mass is 10.1. The Balaban J connectivity index is 2.07. The fourth-order valence-corrected chi connectivity index (χ4v) is 1.91. The molecule has 0 heterocycles. The van der Waals surface area contributed by atoms with Gasteiger partial charge >= 0.3 is 0 Å². The van der Waals surface area contributed by atoms with Crippen LogP contribution >= 0.6 is 11.6 Å². The van der Waals surface area contributed by atoms with E-state index in [1.165, 1.54) is 18.2 Å². The van der Waals surface area contributed by atoms with E-state index < -0.39 is 4.92 Å². The zero-order valence-corrected chi connectivity index (χ0v) is 11.7. The Labute approximate surface area is 126 Å². The van der Waals surface area contributed by atoms with E-state index in [-0.39, 0.29) is 12.3 Å². The van der Waals surface area contributed by atoms with E-state index >= 15 is 0 Å². The molecule has 106 valence electrons.